The lowest BCUT2D eigenvalue weighted by Gasteiger charge is -2.17. The van der Waals surface area contributed by atoms with E-state index in [2.05, 4.69) is 36.4 Å². The van der Waals surface area contributed by atoms with E-state index in [0.717, 1.165) is 35.5 Å². The molecule has 0 saturated carbocycles. The molecule has 0 saturated heterocycles. The van der Waals surface area contributed by atoms with E-state index in [1.54, 1.807) is 12.1 Å². The van der Waals surface area contributed by atoms with Gasteiger partial charge in [-0.1, -0.05) is 42.5 Å². The van der Waals surface area contributed by atoms with Crippen molar-refractivity contribution in [2.75, 3.05) is 0 Å². The monoisotopic (exact) mass is 338 g/mol. The fraction of sp³-hybridized carbons (Fsp3) is 0.0870. The topological polar surface area (TPSA) is 38.1 Å². The van der Waals surface area contributed by atoms with Crippen LogP contribution in [-0.4, -0.2) is 14.9 Å². The average Bonchev–Trinajstić information content (AvgIpc) is 3.09. The van der Waals surface area contributed by atoms with Gasteiger partial charge in [-0.05, 0) is 60.4 Å². The van der Waals surface area contributed by atoms with E-state index in [4.69, 9.17) is 5.10 Å². The summed E-state index contributed by atoms with van der Waals surface area (Å²) in [5.41, 5.74) is 8.15. The van der Waals surface area contributed by atoms with Gasteiger partial charge in [0.25, 0.3) is 0 Å². The zero-order chi connectivity index (χ0) is 17.5. The summed E-state index contributed by atoms with van der Waals surface area (Å²) in [6, 6.07) is 26.2. The van der Waals surface area contributed by atoms with Crippen molar-refractivity contribution in [2.24, 2.45) is 0 Å². The first kappa shape index (κ1) is 15.0. The van der Waals surface area contributed by atoms with Crippen LogP contribution >= 0.6 is 0 Å². The minimum atomic E-state index is 0.272. The van der Waals surface area contributed by atoms with Crippen LogP contribution in [0.3, 0.4) is 0 Å². The summed E-state index contributed by atoms with van der Waals surface area (Å²) < 4.78 is 2.04. The summed E-state index contributed by atoms with van der Waals surface area (Å²) in [5, 5.41) is 14.7. The molecule has 4 aromatic rings. The molecule has 1 aliphatic carbocycles. The van der Waals surface area contributed by atoms with Gasteiger partial charge in [-0.15, -0.1) is 0 Å². The first-order valence-corrected chi connectivity index (χ1v) is 8.86. The van der Waals surface area contributed by atoms with Crippen molar-refractivity contribution >= 4 is 0 Å². The van der Waals surface area contributed by atoms with Crippen molar-refractivity contribution in [3.05, 3.63) is 90.1 Å². The van der Waals surface area contributed by atoms with Crippen LogP contribution in [0.15, 0.2) is 78.9 Å². The van der Waals surface area contributed by atoms with Crippen molar-refractivity contribution in [1.29, 1.82) is 0 Å². The zero-order valence-corrected chi connectivity index (χ0v) is 14.3. The number of para-hydroxylation sites is 1. The molecule has 0 atom stereocenters. The van der Waals surface area contributed by atoms with Gasteiger partial charge in [0.2, 0.25) is 0 Å². The van der Waals surface area contributed by atoms with E-state index in [1.807, 2.05) is 35.0 Å². The number of hydrogen-bond donors (Lipinski definition) is 1. The number of nitrogens with zero attached hydrogens (tertiary/aromatic N) is 2. The first-order valence-electron chi connectivity index (χ1n) is 8.86. The van der Waals surface area contributed by atoms with E-state index in [1.165, 1.54) is 16.7 Å². The second-order valence-corrected chi connectivity index (χ2v) is 6.62. The minimum absolute atomic E-state index is 0.272. The Hall–Kier alpha value is -3.33. The number of benzene rings is 3. The Labute approximate surface area is 152 Å². The van der Waals surface area contributed by atoms with Crippen LogP contribution in [0, 0.1) is 0 Å². The number of aryl methyl sites for hydroxylation is 2. The lowest BCUT2D eigenvalue weighted by Crippen LogP contribution is -2.03. The highest BCUT2D eigenvalue weighted by Gasteiger charge is 2.26. The molecule has 3 nitrogen and oxygen atoms in total. The molecule has 3 heteroatoms. The molecule has 1 aromatic heterocycles. The predicted octanol–water partition coefficient (Wildman–Crippen LogP) is 5.01. The second kappa shape index (κ2) is 5.88. The molecular formula is C23H18N2O. The van der Waals surface area contributed by atoms with Crippen LogP contribution < -0.4 is 0 Å². The highest BCUT2D eigenvalue weighted by atomic mass is 16.3. The lowest BCUT2D eigenvalue weighted by molar-refractivity contribution is 0.475. The Morgan fingerprint density at radius 3 is 2.31 bits per heavy atom. The highest BCUT2D eigenvalue weighted by molar-refractivity contribution is 5.86. The summed E-state index contributed by atoms with van der Waals surface area (Å²) >= 11 is 0. The van der Waals surface area contributed by atoms with Gasteiger partial charge in [0.15, 0.2) is 0 Å². The summed E-state index contributed by atoms with van der Waals surface area (Å²) in [4.78, 5) is 0. The van der Waals surface area contributed by atoms with Crippen LogP contribution in [0.1, 0.15) is 11.3 Å². The molecule has 0 fully saturated rings. The Morgan fingerprint density at radius 2 is 1.50 bits per heavy atom. The number of rotatable bonds is 2. The molecule has 0 bridgehead atoms. The number of aromatic hydroxyl groups is 1. The van der Waals surface area contributed by atoms with Gasteiger partial charge in [0.1, 0.15) is 5.75 Å². The van der Waals surface area contributed by atoms with Crippen LogP contribution in [0.25, 0.3) is 28.1 Å². The molecule has 3 aromatic carbocycles. The van der Waals surface area contributed by atoms with E-state index in [-0.39, 0.29) is 5.75 Å². The Balaban J connectivity index is 1.83. The van der Waals surface area contributed by atoms with Crippen LogP contribution in [-0.2, 0) is 12.8 Å². The van der Waals surface area contributed by atoms with E-state index in [9.17, 15) is 5.11 Å². The molecule has 1 aliphatic rings. The third kappa shape index (κ3) is 2.32. The van der Waals surface area contributed by atoms with Gasteiger partial charge in [-0.3, -0.25) is 0 Å². The maximum absolute atomic E-state index is 9.71. The Morgan fingerprint density at radius 1 is 0.769 bits per heavy atom. The third-order valence-corrected chi connectivity index (χ3v) is 5.02. The van der Waals surface area contributed by atoms with Gasteiger partial charge in [0, 0.05) is 11.1 Å². The summed E-state index contributed by atoms with van der Waals surface area (Å²) in [7, 11) is 0. The standard InChI is InChI=1S/C23H18N2O/c26-19-13-10-17(11-14-19)23-22-20-9-5-4-6-16(20)12-15-21(22)24-25(23)18-7-2-1-3-8-18/h1-11,13-14,26H,12,15H2. The number of fused-ring (bicyclic) bond motifs is 3. The second-order valence-electron chi connectivity index (χ2n) is 6.62. The number of aromatic nitrogens is 2. The molecule has 0 unspecified atom stereocenters. The van der Waals surface area contributed by atoms with E-state index >= 15 is 0 Å². The summed E-state index contributed by atoms with van der Waals surface area (Å²) in [5.74, 6) is 0.272. The molecular weight excluding hydrogens is 320 g/mol. The Bertz CT molecular complexity index is 1080. The van der Waals surface area contributed by atoms with Gasteiger partial charge in [-0.25, -0.2) is 4.68 Å². The summed E-state index contributed by atoms with van der Waals surface area (Å²) in [6.07, 6.45) is 1.96. The van der Waals surface area contributed by atoms with Crippen molar-refractivity contribution in [2.45, 2.75) is 12.8 Å². The predicted molar refractivity (Wildman–Crippen MR) is 104 cm³/mol. The van der Waals surface area contributed by atoms with Crippen molar-refractivity contribution in [1.82, 2.24) is 9.78 Å². The number of hydrogen-bond acceptors (Lipinski definition) is 2. The first-order chi connectivity index (χ1) is 12.8. The number of phenols is 1. The zero-order valence-electron chi connectivity index (χ0n) is 14.3. The lowest BCUT2D eigenvalue weighted by atomic mass is 9.87. The van der Waals surface area contributed by atoms with Gasteiger partial charge >= 0.3 is 0 Å². The third-order valence-electron chi connectivity index (χ3n) is 5.02. The normalized spacial score (nSPS) is 12.5. The van der Waals surface area contributed by atoms with Crippen molar-refractivity contribution in [3.63, 3.8) is 0 Å². The molecule has 0 radical (unpaired) electrons. The van der Waals surface area contributed by atoms with Crippen molar-refractivity contribution in [3.8, 4) is 33.8 Å². The van der Waals surface area contributed by atoms with Crippen LogP contribution in [0.5, 0.6) is 5.75 Å². The van der Waals surface area contributed by atoms with Gasteiger partial charge in [-0.2, -0.15) is 5.10 Å². The average molecular weight is 338 g/mol. The molecule has 0 amide bonds. The fourth-order valence-electron chi connectivity index (χ4n) is 3.80. The summed E-state index contributed by atoms with van der Waals surface area (Å²) in [6.45, 7) is 0. The highest BCUT2D eigenvalue weighted by Crippen LogP contribution is 2.41. The minimum Gasteiger partial charge on any atom is -0.508 e. The van der Waals surface area contributed by atoms with E-state index < -0.39 is 0 Å². The maximum Gasteiger partial charge on any atom is 0.115 e. The van der Waals surface area contributed by atoms with E-state index in [0.29, 0.717) is 0 Å². The maximum atomic E-state index is 9.71. The van der Waals surface area contributed by atoms with Crippen LogP contribution in [0.4, 0.5) is 0 Å². The molecule has 26 heavy (non-hydrogen) atoms. The quantitative estimate of drug-likeness (QED) is 0.558. The van der Waals surface area contributed by atoms with Crippen molar-refractivity contribution < 1.29 is 5.11 Å². The molecule has 126 valence electrons. The van der Waals surface area contributed by atoms with Gasteiger partial charge in [0.05, 0.1) is 17.1 Å². The SMILES string of the molecule is Oc1ccc(-c2c3c(nn2-c2ccccc2)CCc2ccccc2-3)cc1. The van der Waals surface area contributed by atoms with Gasteiger partial charge < -0.3 is 5.11 Å². The van der Waals surface area contributed by atoms with Crippen LogP contribution in [0.2, 0.25) is 0 Å². The molecule has 1 heterocycles. The molecule has 5 rings (SSSR count). The Kier molecular flexibility index (Phi) is 3.39. The molecule has 0 aliphatic heterocycles. The fourth-order valence-corrected chi connectivity index (χ4v) is 3.80. The molecule has 0 spiro atoms. The molecule has 1 N–H and O–H groups in total. The number of phenolic OH excluding ortho intramolecular Hbond substituents is 1. The smallest absolute Gasteiger partial charge is 0.115 e. The largest absolute Gasteiger partial charge is 0.508 e.